The first kappa shape index (κ1) is 11.6. The number of nitrogens with zero attached hydrogens (tertiary/aromatic N) is 1. The van der Waals surface area contributed by atoms with E-state index in [0.717, 1.165) is 37.6 Å². The van der Waals surface area contributed by atoms with Crippen LogP contribution in [0.15, 0.2) is 10.7 Å². The molecular weight excluding hydrogens is 204 g/mol. The molecule has 0 bridgehead atoms. The Morgan fingerprint density at radius 2 is 2.50 bits per heavy atom. The van der Waals surface area contributed by atoms with Crippen molar-refractivity contribution in [2.24, 2.45) is 11.7 Å². The molecule has 1 aliphatic heterocycles. The second-order valence-corrected chi connectivity index (χ2v) is 4.59. The quantitative estimate of drug-likeness (QED) is 0.845. The summed E-state index contributed by atoms with van der Waals surface area (Å²) >= 11 is 0. The smallest absolute Gasteiger partial charge is 0.194 e. The van der Waals surface area contributed by atoms with E-state index in [4.69, 9.17) is 14.9 Å². The summed E-state index contributed by atoms with van der Waals surface area (Å²) in [4.78, 5) is 4.47. The van der Waals surface area contributed by atoms with Crippen molar-refractivity contribution in [3.05, 3.63) is 17.8 Å². The van der Waals surface area contributed by atoms with Crippen molar-refractivity contribution >= 4 is 0 Å². The summed E-state index contributed by atoms with van der Waals surface area (Å²) in [6, 6.07) is 0. The average Bonchev–Trinajstić information content (AvgIpc) is 2.78. The number of rotatable bonds is 4. The van der Waals surface area contributed by atoms with Gasteiger partial charge in [0.25, 0.3) is 0 Å². The molecule has 0 saturated carbocycles. The summed E-state index contributed by atoms with van der Waals surface area (Å²) in [5, 5.41) is 0. The van der Waals surface area contributed by atoms with Crippen LogP contribution in [-0.2, 0) is 11.2 Å². The van der Waals surface area contributed by atoms with Crippen molar-refractivity contribution in [3.8, 4) is 0 Å². The SMILES string of the molecule is CC(CN)c1coc(CC2CCCOC2)n1. The molecule has 0 aliphatic carbocycles. The van der Waals surface area contributed by atoms with Crippen LogP contribution in [-0.4, -0.2) is 24.7 Å². The van der Waals surface area contributed by atoms with E-state index in [1.807, 2.05) is 0 Å². The third-order valence-corrected chi connectivity index (χ3v) is 3.15. The fourth-order valence-electron chi connectivity index (χ4n) is 1.98. The van der Waals surface area contributed by atoms with Crippen molar-refractivity contribution < 1.29 is 9.15 Å². The highest BCUT2D eigenvalue weighted by Gasteiger charge is 2.18. The van der Waals surface area contributed by atoms with Crippen LogP contribution in [0, 0.1) is 5.92 Å². The molecule has 0 aromatic carbocycles. The van der Waals surface area contributed by atoms with Crippen molar-refractivity contribution in [3.63, 3.8) is 0 Å². The standard InChI is InChI=1S/C12H20N2O2/c1-9(6-13)11-8-16-12(14-11)5-10-3-2-4-15-7-10/h8-10H,2-7,13H2,1H3. The Morgan fingerprint density at radius 1 is 1.62 bits per heavy atom. The number of ether oxygens (including phenoxy) is 1. The molecule has 0 radical (unpaired) electrons. The average molecular weight is 224 g/mol. The van der Waals surface area contributed by atoms with E-state index in [9.17, 15) is 0 Å². The summed E-state index contributed by atoms with van der Waals surface area (Å²) in [7, 11) is 0. The van der Waals surface area contributed by atoms with Crippen LogP contribution in [0.25, 0.3) is 0 Å². The maximum atomic E-state index is 5.60. The zero-order valence-electron chi connectivity index (χ0n) is 9.82. The van der Waals surface area contributed by atoms with Gasteiger partial charge >= 0.3 is 0 Å². The Labute approximate surface area is 96.2 Å². The Kier molecular flexibility index (Phi) is 3.96. The Balaban J connectivity index is 1.91. The topological polar surface area (TPSA) is 61.3 Å². The summed E-state index contributed by atoms with van der Waals surface area (Å²) < 4.78 is 10.9. The van der Waals surface area contributed by atoms with E-state index in [-0.39, 0.29) is 5.92 Å². The third kappa shape index (κ3) is 2.83. The van der Waals surface area contributed by atoms with E-state index in [0.29, 0.717) is 12.5 Å². The molecule has 2 atom stereocenters. The number of hydrogen-bond acceptors (Lipinski definition) is 4. The van der Waals surface area contributed by atoms with Gasteiger partial charge in [0.1, 0.15) is 6.26 Å². The minimum Gasteiger partial charge on any atom is -0.449 e. The molecule has 2 rings (SSSR count). The Morgan fingerprint density at radius 3 is 3.19 bits per heavy atom. The molecule has 0 spiro atoms. The minimum absolute atomic E-state index is 0.278. The van der Waals surface area contributed by atoms with E-state index < -0.39 is 0 Å². The molecular formula is C12H20N2O2. The highest BCUT2D eigenvalue weighted by molar-refractivity contribution is 5.03. The lowest BCUT2D eigenvalue weighted by Crippen LogP contribution is -2.19. The van der Waals surface area contributed by atoms with Gasteiger partial charge in [0, 0.05) is 32.1 Å². The van der Waals surface area contributed by atoms with E-state index in [2.05, 4.69) is 11.9 Å². The van der Waals surface area contributed by atoms with Crippen LogP contribution in [0.1, 0.15) is 37.3 Å². The predicted molar refractivity (Wildman–Crippen MR) is 61.2 cm³/mol. The van der Waals surface area contributed by atoms with Crippen molar-refractivity contribution in [2.45, 2.75) is 32.1 Å². The van der Waals surface area contributed by atoms with Gasteiger partial charge in [0.05, 0.1) is 5.69 Å². The Bertz CT molecular complexity index is 319. The fourth-order valence-corrected chi connectivity index (χ4v) is 1.98. The summed E-state index contributed by atoms with van der Waals surface area (Å²) in [5.41, 5.74) is 6.56. The molecule has 4 heteroatoms. The Hall–Kier alpha value is -0.870. The molecule has 1 aromatic heterocycles. The zero-order valence-corrected chi connectivity index (χ0v) is 9.82. The molecule has 1 saturated heterocycles. The van der Waals surface area contributed by atoms with E-state index in [1.165, 1.54) is 6.42 Å². The van der Waals surface area contributed by atoms with E-state index in [1.54, 1.807) is 6.26 Å². The molecule has 1 aromatic rings. The third-order valence-electron chi connectivity index (χ3n) is 3.15. The largest absolute Gasteiger partial charge is 0.449 e. The highest BCUT2D eigenvalue weighted by Crippen LogP contribution is 2.20. The van der Waals surface area contributed by atoms with Crippen LogP contribution in [0.2, 0.25) is 0 Å². The predicted octanol–water partition coefficient (Wildman–Crippen LogP) is 1.71. The maximum absolute atomic E-state index is 5.60. The van der Waals surface area contributed by atoms with Gasteiger partial charge < -0.3 is 14.9 Å². The van der Waals surface area contributed by atoms with Gasteiger partial charge in [-0.15, -0.1) is 0 Å². The van der Waals surface area contributed by atoms with Gasteiger partial charge in [-0.3, -0.25) is 0 Å². The lowest BCUT2D eigenvalue weighted by Gasteiger charge is -2.20. The van der Waals surface area contributed by atoms with Gasteiger partial charge in [-0.05, 0) is 18.8 Å². The molecule has 1 aliphatic rings. The number of oxazole rings is 1. The van der Waals surface area contributed by atoms with Crippen LogP contribution in [0.3, 0.4) is 0 Å². The van der Waals surface area contributed by atoms with Crippen LogP contribution >= 0.6 is 0 Å². The van der Waals surface area contributed by atoms with Crippen LogP contribution in [0.4, 0.5) is 0 Å². The van der Waals surface area contributed by atoms with Crippen molar-refractivity contribution in [1.82, 2.24) is 4.98 Å². The summed E-state index contributed by atoms with van der Waals surface area (Å²) in [5.74, 6) is 1.67. The molecule has 4 nitrogen and oxygen atoms in total. The molecule has 16 heavy (non-hydrogen) atoms. The van der Waals surface area contributed by atoms with Gasteiger partial charge in [0.15, 0.2) is 5.89 Å². The molecule has 2 N–H and O–H groups in total. The first-order valence-electron chi connectivity index (χ1n) is 6.01. The molecule has 0 amide bonds. The number of nitrogens with two attached hydrogens (primary N) is 1. The van der Waals surface area contributed by atoms with Crippen LogP contribution in [0.5, 0.6) is 0 Å². The fraction of sp³-hybridized carbons (Fsp3) is 0.750. The molecule has 2 heterocycles. The second kappa shape index (κ2) is 5.46. The summed E-state index contributed by atoms with van der Waals surface area (Å²) in [6.07, 6.45) is 4.98. The van der Waals surface area contributed by atoms with E-state index >= 15 is 0 Å². The minimum atomic E-state index is 0.278. The van der Waals surface area contributed by atoms with Crippen LogP contribution < -0.4 is 5.73 Å². The zero-order chi connectivity index (χ0) is 11.4. The van der Waals surface area contributed by atoms with Crippen molar-refractivity contribution in [1.29, 1.82) is 0 Å². The number of hydrogen-bond donors (Lipinski definition) is 1. The molecule has 1 fully saturated rings. The number of aromatic nitrogens is 1. The lowest BCUT2D eigenvalue weighted by atomic mass is 9.99. The second-order valence-electron chi connectivity index (χ2n) is 4.59. The summed E-state index contributed by atoms with van der Waals surface area (Å²) in [6.45, 7) is 4.41. The first-order chi connectivity index (χ1) is 7.79. The van der Waals surface area contributed by atoms with Gasteiger partial charge in [0.2, 0.25) is 0 Å². The first-order valence-corrected chi connectivity index (χ1v) is 6.01. The highest BCUT2D eigenvalue weighted by atomic mass is 16.5. The lowest BCUT2D eigenvalue weighted by molar-refractivity contribution is 0.0526. The van der Waals surface area contributed by atoms with Crippen molar-refractivity contribution in [2.75, 3.05) is 19.8 Å². The normalized spacial score (nSPS) is 23.2. The maximum Gasteiger partial charge on any atom is 0.194 e. The molecule has 2 unspecified atom stereocenters. The molecule has 90 valence electrons. The monoisotopic (exact) mass is 224 g/mol. The van der Waals surface area contributed by atoms with Gasteiger partial charge in [-0.25, -0.2) is 4.98 Å². The van der Waals surface area contributed by atoms with Gasteiger partial charge in [-0.2, -0.15) is 0 Å². The van der Waals surface area contributed by atoms with Gasteiger partial charge in [-0.1, -0.05) is 6.92 Å².